The summed E-state index contributed by atoms with van der Waals surface area (Å²) in [7, 11) is 3.04. The zero-order valence-corrected chi connectivity index (χ0v) is 21.9. The molecule has 4 aromatic rings. The summed E-state index contributed by atoms with van der Waals surface area (Å²) in [5.74, 6) is 1.01. The summed E-state index contributed by atoms with van der Waals surface area (Å²) < 4.78 is 31.9. The SMILES string of the molecule is COc1ccc2c(C(=O)c3ccc(OCCN4CCCCC4)cc3)c(-c3ccc(OC)c(F)c3)sc2c1. The van der Waals surface area contributed by atoms with Gasteiger partial charge < -0.3 is 14.2 Å². The van der Waals surface area contributed by atoms with Gasteiger partial charge in [0.1, 0.15) is 18.1 Å². The fourth-order valence-electron chi connectivity index (χ4n) is 4.76. The third-order valence-electron chi connectivity index (χ3n) is 6.78. The van der Waals surface area contributed by atoms with Crippen LogP contribution in [0.5, 0.6) is 17.2 Å². The number of thiophene rings is 1. The molecule has 0 amide bonds. The van der Waals surface area contributed by atoms with Gasteiger partial charge in [0.15, 0.2) is 17.3 Å². The Morgan fingerprint density at radius 3 is 2.38 bits per heavy atom. The number of rotatable bonds is 9. The number of piperidine rings is 1. The number of carbonyl (C=O) groups is 1. The first kappa shape index (κ1) is 25.2. The molecule has 0 aliphatic carbocycles. The molecular weight excluding hydrogens is 489 g/mol. The van der Waals surface area contributed by atoms with E-state index in [9.17, 15) is 9.18 Å². The van der Waals surface area contributed by atoms with Crippen LogP contribution < -0.4 is 14.2 Å². The fourth-order valence-corrected chi connectivity index (χ4v) is 5.99. The van der Waals surface area contributed by atoms with E-state index in [-0.39, 0.29) is 11.5 Å². The summed E-state index contributed by atoms with van der Waals surface area (Å²) in [5.41, 5.74) is 1.72. The monoisotopic (exact) mass is 519 g/mol. The van der Waals surface area contributed by atoms with E-state index in [1.54, 1.807) is 31.4 Å². The number of hydrogen-bond donors (Lipinski definition) is 0. The normalized spacial score (nSPS) is 14.0. The Morgan fingerprint density at radius 1 is 0.919 bits per heavy atom. The van der Waals surface area contributed by atoms with Crippen LogP contribution in [0.1, 0.15) is 35.2 Å². The van der Waals surface area contributed by atoms with Crippen molar-refractivity contribution in [3.8, 4) is 27.7 Å². The minimum Gasteiger partial charge on any atom is -0.497 e. The van der Waals surface area contributed by atoms with E-state index in [0.717, 1.165) is 35.5 Å². The van der Waals surface area contributed by atoms with Gasteiger partial charge in [-0.3, -0.25) is 9.69 Å². The molecule has 37 heavy (non-hydrogen) atoms. The average molecular weight is 520 g/mol. The standard InChI is InChI=1S/C30H30FNO4S/c1-34-23-11-12-24-27(19-23)37-30(21-8-13-26(35-2)25(31)18-21)28(24)29(33)20-6-9-22(10-7-20)36-17-16-32-14-4-3-5-15-32/h6-13,18-19H,3-5,14-17H2,1-2H3. The average Bonchev–Trinajstić information content (AvgIpc) is 3.32. The number of benzene rings is 3. The molecule has 0 saturated carbocycles. The minimum atomic E-state index is -0.473. The molecule has 0 spiro atoms. The number of ether oxygens (including phenoxy) is 3. The topological polar surface area (TPSA) is 48.0 Å². The molecular formula is C30H30FNO4S. The van der Waals surface area contributed by atoms with E-state index in [1.165, 1.54) is 43.8 Å². The third kappa shape index (κ3) is 5.48. The Bertz CT molecular complexity index is 1390. The maximum atomic E-state index is 14.6. The molecule has 1 aromatic heterocycles. The fraction of sp³-hybridized carbons (Fsp3) is 0.300. The molecule has 5 rings (SSSR count). The van der Waals surface area contributed by atoms with Crippen molar-refractivity contribution in [1.29, 1.82) is 0 Å². The van der Waals surface area contributed by atoms with Crippen LogP contribution >= 0.6 is 11.3 Å². The number of likely N-dealkylation sites (tertiary alicyclic amines) is 1. The molecule has 7 heteroatoms. The van der Waals surface area contributed by atoms with E-state index in [2.05, 4.69) is 4.90 Å². The van der Waals surface area contributed by atoms with Crippen molar-refractivity contribution in [3.63, 3.8) is 0 Å². The van der Waals surface area contributed by atoms with Gasteiger partial charge in [0.25, 0.3) is 0 Å². The lowest BCUT2D eigenvalue weighted by molar-refractivity contribution is 0.104. The van der Waals surface area contributed by atoms with Crippen LogP contribution in [0.3, 0.4) is 0 Å². The van der Waals surface area contributed by atoms with Crippen molar-refractivity contribution in [2.24, 2.45) is 0 Å². The number of ketones is 1. The number of fused-ring (bicyclic) bond motifs is 1. The predicted octanol–water partition coefficient (Wildman–Crippen LogP) is 6.82. The van der Waals surface area contributed by atoms with Crippen LogP contribution in [0.15, 0.2) is 60.7 Å². The van der Waals surface area contributed by atoms with E-state index < -0.39 is 5.82 Å². The quantitative estimate of drug-likeness (QED) is 0.227. The first-order chi connectivity index (χ1) is 18.1. The smallest absolute Gasteiger partial charge is 0.195 e. The van der Waals surface area contributed by atoms with Crippen LogP contribution in [-0.4, -0.2) is 51.1 Å². The number of halogens is 1. The summed E-state index contributed by atoms with van der Waals surface area (Å²) >= 11 is 1.44. The minimum absolute atomic E-state index is 0.123. The van der Waals surface area contributed by atoms with Crippen LogP contribution in [0.4, 0.5) is 4.39 Å². The van der Waals surface area contributed by atoms with Crippen molar-refractivity contribution in [3.05, 3.63) is 77.6 Å². The van der Waals surface area contributed by atoms with Crippen molar-refractivity contribution in [2.75, 3.05) is 40.5 Å². The van der Waals surface area contributed by atoms with E-state index in [0.29, 0.717) is 33.9 Å². The largest absolute Gasteiger partial charge is 0.497 e. The number of nitrogens with zero attached hydrogens (tertiary/aromatic N) is 1. The number of methoxy groups -OCH3 is 2. The van der Waals surface area contributed by atoms with Gasteiger partial charge in [-0.25, -0.2) is 4.39 Å². The van der Waals surface area contributed by atoms with Gasteiger partial charge in [-0.1, -0.05) is 6.42 Å². The highest BCUT2D eigenvalue weighted by atomic mass is 32.1. The Balaban J connectivity index is 1.42. The highest BCUT2D eigenvalue weighted by molar-refractivity contribution is 7.22. The first-order valence-electron chi connectivity index (χ1n) is 12.5. The Hall–Kier alpha value is -3.42. The molecule has 0 atom stereocenters. The van der Waals surface area contributed by atoms with E-state index in [1.807, 2.05) is 30.3 Å². The molecule has 1 saturated heterocycles. The molecule has 3 aromatic carbocycles. The Kier molecular flexibility index (Phi) is 7.72. The molecule has 192 valence electrons. The van der Waals surface area contributed by atoms with Crippen molar-refractivity contribution in [1.82, 2.24) is 4.90 Å². The molecule has 0 radical (unpaired) electrons. The maximum Gasteiger partial charge on any atom is 0.195 e. The van der Waals surface area contributed by atoms with Crippen molar-refractivity contribution in [2.45, 2.75) is 19.3 Å². The number of carbonyl (C=O) groups excluding carboxylic acids is 1. The van der Waals surface area contributed by atoms with Crippen LogP contribution in [0.25, 0.3) is 20.5 Å². The highest BCUT2D eigenvalue weighted by Crippen LogP contribution is 2.42. The lowest BCUT2D eigenvalue weighted by Gasteiger charge is -2.26. The highest BCUT2D eigenvalue weighted by Gasteiger charge is 2.23. The zero-order chi connectivity index (χ0) is 25.8. The van der Waals surface area contributed by atoms with Crippen molar-refractivity contribution < 1.29 is 23.4 Å². The van der Waals surface area contributed by atoms with E-state index >= 15 is 0 Å². The second-order valence-corrected chi connectivity index (χ2v) is 10.2. The summed E-state index contributed by atoms with van der Waals surface area (Å²) in [5, 5.41) is 0.809. The lowest BCUT2D eigenvalue weighted by Crippen LogP contribution is -2.33. The molecule has 0 N–H and O–H groups in total. The first-order valence-corrected chi connectivity index (χ1v) is 13.3. The second-order valence-electron chi connectivity index (χ2n) is 9.12. The zero-order valence-electron chi connectivity index (χ0n) is 21.1. The number of hydrogen-bond acceptors (Lipinski definition) is 6. The van der Waals surface area contributed by atoms with Gasteiger partial charge in [0, 0.05) is 32.6 Å². The molecule has 1 fully saturated rings. The van der Waals surface area contributed by atoms with Crippen molar-refractivity contribution >= 4 is 27.2 Å². The second kappa shape index (κ2) is 11.3. The summed E-state index contributed by atoms with van der Waals surface area (Å²) in [6.45, 7) is 3.81. The molecule has 2 heterocycles. The molecule has 1 aliphatic heterocycles. The van der Waals surface area contributed by atoms with Crippen LogP contribution in [-0.2, 0) is 0 Å². The lowest BCUT2D eigenvalue weighted by atomic mass is 9.97. The van der Waals surface area contributed by atoms with Crippen LogP contribution in [0.2, 0.25) is 0 Å². The Labute approximate surface area is 220 Å². The summed E-state index contributed by atoms with van der Waals surface area (Å²) in [6, 6.07) is 17.7. The molecule has 0 bridgehead atoms. The molecule has 1 aliphatic rings. The summed E-state index contributed by atoms with van der Waals surface area (Å²) in [4.78, 5) is 17.0. The molecule has 0 unspecified atom stereocenters. The molecule has 5 nitrogen and oxygen atoms in total. The Morgan fingerprint density at radius 2 is 1.68 bits per heavy atom. The third-order valence-corrected chi connectivity index (χ3v) is 7.98. The van der Waals surface area contributed by atoms with Gasteiger partial charge in [-0.2, -0.15) is 0 Å². The van der Waals surface area contributed by atoms with Gasteiger partial charge in [0.2, 0.25) is 0 Å². The van der Waals surface area contributed by atoms with Gasteiger partial charge >= 0.3 is 0 Å². The maximum absolute atomic E-state index is 14.6. The summed E-state index contributed by atoms with van der Waals surface area (Å²) in [6.07, 6.45) is 3.83. The van der Waals surface area contributed by atoms with Gasteiger partial charge in [-0.15, -0.1) is 11.3 Å². The van der Waals surface area contributed by atoms with E-state index in [4.69, 9.17) is 14.2 Å². The van der Waals surface area contributed by atoms with Gasteiger partial charge in [-0.05, 0) is 92.2 Å². The van der Waals surface area contributed by atoms with Gasteiger partial charge in [0.05, 0.1) is 14.2 Å². The van der Waals surface area contributed by atoms with Crippen LogP contribution in [0, 0.1) is 5.82 Å². The predicted molar refractivity (Wildman–Crippen MR) is 146 cm³/mol.